The molecule has 1 aliphatic rings. The summed E-state index contributed by atoms with van der Waals surface area (Å²) >= 11 is 0. The van der Waals surface area contributed by atoms with Crippen LogP contribution in [0.2, 0.25) is 0 Å². The summed E-state index contributed by atoms with van der Waals surface area (Å²) in [6.07, 6.45) is 0. The van der Waals surface area contributed by atoms with E-state index in [9.17, 15) is 9.59 Å². The minimum atomic E-state index is -0.450. The first-order valence-corrected chi connectivity index (χ1v) is 9.02. The van der Waals surface area contributed by atoms with Gasteiger partial charge in [-0.15, -0.1) is 0 Å². The number of methoxy groups -OCH3 is 1. The number of nitrogens with zero attached hydrogens (tertiary/aromatic N) is 2. The van der Waals surface area contributed by atoms with Gasteiger partial charge in [0.15, 0.2) is 0 Å². The summed E-state index contributed by atoms with van der Waals surface area (Å²) in [7, 11) is 1.40. The van der Waals surface area contributed by atoms with Crippen LogP contribution in [-0.2, 0) is 20.8 Å². The summed E-state index contributed by atoms with van der Waals surface area (Å²) in [5.41, 5.74) is 2.27. The van der Waals surface area contributed by atoms with Crippen LogP contribution < -0.4 is 0 Å². The molecule has 0 aromatic heterocycles. The van der Waals surface area contributed by atoms with Gasteiger partial charge in [-0.1, -0.05) is 17.7 Å². The van der Waals surface area contributed by atoms with Gasteiger partial charge in [-0.05, 0) is 39.3 Å². The van der Waals surface area contributed by atoms with Gasteiger partial charge in [-0.3, -0.25) is 14.6 Å². The Hall–Kier alpha value is -1.92. The van der Waals surface area contributed by atoms with Gasteiger partial charge >= 0.3 is 11.9 Å². The van der Waals surface area contributed by atoms with Crippen molar-refractivity contribution in [2.75, 3.05) is 39.8 Å². The Morgan fingerprint density at radius 2 is 1.69 bits per heavy atom. The summed E-state index contributed by atoms with van der Waals surface area (Å²) in [6.45, 7) is 12.0. The highest BCUT2D eigenvalue weighted by atomic mass is 16.6. The maximum atomic E-state index is 12.0. The van der Waals surface area contributed by atoms with Crippen LogP contribution in [0.15, 0.2) is 18.2 Å². The number of piperazine rings is 1. The van der Waals surface area contributed by atoms with E-state index >= 15 is 0 Å². The first-order valence-electron chi connectivity index (χ1n) is 9.02. The smallest absolute Gasteiger partial charge is 0.338 e. The van der Waals surface area contributed by atoms with Crippen molar-refractivity contribution in [3.05, 3.63) is 34.9 Å². The summed E-state index contributed by atoms with van der Waals surface area (Å²) in [4.78, 5) is 28.3. The number of hydrogen-bond donors (Lipinski definition) is 0. The second kappa shape index (κ2) is 8.64. The third kappa shape index (κ3) is 6.11. The minimum absolute atomic E-state index is 0.183. The molecule has 0 saturated carbocycles. The topological polar surface area (TPSA) is 59.1 Å². The van der Waals surface area contributed by atoms with Crippen LogP contribution in [0.3, 0.4) is 0 Å². The molecule has 1 fully saturated rings. The summed E-state index contributed by atoms with van der Waals surface area (Å²) in [5.74, 6) is -0.485. The molecule has 1 saturated heterocycles. The van der Waals surface area contributed by atoms with E-state index in [2.05, 4.69) is 9.80 Å². The van der Waals surface area contributed by atoms with E-state index in [0.29, 0.717) is 18.7 Å². The monoisotopic (exact) mass is 362 g/mol. The highest BCUT2D eigenvalue weighted by Crippen LogP contribution is 2.17. The number of carbonyl (C=O) groups excluding carboxylic acids is 2. The van der Waals surface area contributed by atoms with Gasteiger partial charge < -0.3 is 9.47 Å². The molecular weight excluding hydrogens is 332 g/mol. The third-order valence-electron chi connectivity index (χ3n) is 4.30. The number of rotatable bonds is 5. The second-order valence-electron chi connectivity index (χ2n) is 7.79. The fraction of sp³-hybridized carbons (Fsp3) is 0.600. The highest BCUT2D eigenvalue weighted by molar-refractivity contribution is 5.91. The maximum Gasteiger partial charge on any atom is 0.338 e. The summed E-state index contributed by atoms with van der Waals surface area (Å²) in [5, 5.41) is 0. The Balaban J connectivity index is 1.90. The highest BCUT2D eigenvalue weighted by Gasteiger charge is 2.23. The lowest BCUT2D eigenvalue weighted by Crippen LogP contribution is -2.48. The number of aryl methyl sites for hydroxylation is 1. The number of carbonyl (C=O) groups is 2. The first-order chi connectivity index (χ1) is 12.2. The van der Waals surface area contributed by atoms with Crippen molar-refractivity contribution >= 4 is 11.9 Å². The van der Waals surface area contributed by atoms with E-state index in [1.165, 1.54) is 7.11 Å². The van der Waals surface area contributed by atoms with Gasteiger partial charge in [0.2, 0.25) is 0 Å². The van der Waals surface area contributed by atoms with Gasteiger partial charge in [0.05, 0.1) is 19.2 Å². The van der Waals surface area contributed by atoms with E-state index in [1.807, 2.05) is 45.9 Å². The summed E-state index contributed by atoms with van der Waals surface area (Å²) < 4.78 is 10.3. The lowest BCUT2D eigenvalue weighted by molar-refractivity contribution is -0.156. The van der Waals surface area contributed by atoms with Crippen LogP contribution in [-0.4, -0.2) is 67.2 Å². The zero-order valence-electron chi connectivity index (χ0n) is 16.5. The van der Waals surface area contributed by atoms with E-state index in [0.717, 1.165) is 37.3 Å². The zero-order chi connectivity index (χ0) is 19.3. The Morgan fingerprint density at radius 3 is 2.27 bits per heavy atom. The molecule has 26 heavy (non-hydrogen) atoms. The van der Waals surface area contributed by atoms with Crippen LogP contribution >= 0.6 is 0 Å². The molecule has 0 spiro atoms. The van der Waals surface area contributed by atoms with Crippen molar-refractivity contribution in [2.24, 2.45) is 0 Å². The normalized spacial score (nSPS) is 16.3. The fourth-order valence-electron chi connectivity index (χ4n) is 3.07. The summed E-state index contributed by atoms with van der Waals surface area (Å²) in [6, 6.07) is 5.79. The maximum absolute atomic E-state index is 12.0. The van der Waals surface area contributed by atoms with Crippen molar-refractivity contribution < 1.29 is 19.1 Å². The van der Waals surface area contributed by atoms with E-state index < -0.39 is 5.60 Å². The molecule has 1 aliphatic heterocycles. The van der Waals surface area contributed by atoms with Crippen molar-refractivity contribution in [2.45, 2.75) is 39.8 Å². The fourth-order valence-corrected chi connectivity index (χ4v) is 3.07. The molecular formula is C20H30N2O4. The Bertz CT molecular complexity index is 644. The largest absolute Gasteiger partial charge is 0.465 e. The molecule has 0 aliphatic carbocycles. The lowest BCUT2D eigenvalue weighted by Gasteiger charge is -2.34. The molecule has 0 N–H and O–H groups in total. The van der Waals surface area contributed by atoms with Crippen molar-refractivity contribution in [3.63, 3.8) is 0 Å². The van der Waals surface area contributed by atoms with Gasteiger partial charge in [0, 0.05) is 32.7 Å². The molecule has 144 valence electrons. The average molecular weight is 362 g/mol. The number of ether oxygens (including phenoxy) is 2. The van der Waals surface area contributed by atoms with Gasteiger partial charge in [-0.2, -0.15) is 0 Å². The lowest BCUT2D eigenvalue weighted by atomic mass is 10.0. The van der Waals surface area contributed by atoms with Crippen molar-refractivity contribution in [1.82, 2.24) is 9.80 Å². The quantitative estimate of drug-likeness (QED) is 0.749. The first kappa shape index (κ1) is 20.4. The molecule has 1 aromatic rings. The van der Waals surface area contributed by atoms with Crippen LogP contribution in [0.4, 0.5) is 0 Å². The molecule has 0 amide bonds. The second-order valence-corrected chi connectivity index (χ2v) is 7.79. The van der Waals surface area contributed by atoms with Crippen molar-refractivity contribution in [1.29, 1.82) is 0 Å². The minimum Gasteiger partial charge on any atom is -0.465 e. The average Bonchev–Trinajstić information content (AvgIpc) is 2.54. The van der Waals surface area contributed by atoms with Crippen LogP contribution in [0.1, 0.15) is 42.3 Å². The Kier molecular flexibility index (Phi) is 6.78. The predicted octanol–water partition coefficient (Wildman–Crippen LogP) is 2.24. The molecule has 0 bridgehead atoms. The molecule has 0 unspecified atom stereocenters. The number of hydrogen-bond acceptors (Lipinski definition) is 6. The van der Waals surface area contributed by atoms with E-state index in [4.69, 9.17) is 9.47 Å². The van der Waals surface area contributed by atoms with Crippen LogP contribution in [0.5, 0.6) is 0 Å². The SMILES string of the molecule is COC(=O)c1ccc(C)cc1CN1CCN(CC(=O)OC(C)(C)C)CC1. The Morgan fingerprint density at radius 1 is 1.08 bits per heavy atom. The van der Waals surface area contributed by atoms with Crippen LogP contribution in [0.25, 0.3) is 0 Å². The third-order valence-corrected chi connectivity index (χ3v) is 4.30. The van der Waals surface area contributed by atoms with Crippen molar-refractivity contribution in [3.8, 4) is 0 Å². The molecule has 6 nitrogen and oxygen atoms in total. The number of benzene rings is 1. The number of esters is 2. The molecule has 0 radical (unpaired) electrons. The predicted molar refractivity (Wildman–Crippen MR) is 100 cm³/mol. The van der Waals surface area contributed by atoms with Gasteiger partial charge in [0.1, 0.15) is 5.60 Å². The zero-order valence-corrected chi connectivity index (χ0v) is 16.5. The molecule has 1 aromatic carbocycles. The van der Waals surface area contributed by atoms with Gasteiger partial charge in [-0.25, -0.2) is 4.79 Å². The van der Waals surface area contributed by atoms with E-state index in [1.54, 1.807) is 0 Å². The van der Waals surface area contributed by atoms with Gasteiger partial charge in [0.25, 0.3) is 0 Å². The molecule has 0 atom stereocenters. The molecule has 1 heterocycles. The van der Waals surface area contributed by atoms with Crippen LogP contribution in [0, 0.1) is 6.92 Å². The van der Waals surface area contributed by atoms with E-state index in [-0.39, 0.29) is 11.9 Å². The molecule has 6 heteroatoms. The Labute approximate surface area is 156 Å². The standard InChI is InChI=1S/C20H30N2O4/c1-15-6-7-17(19(24)25-5)16(12-15)13-21-8-10-22(11-9-21)14-18(23)26-20(2,3)4/h6-7,12H,8-11,13-14H2,1-5H3. The molecule has 2 rings (SSSR count).